The molecule has 0 spiro atoms. The highest BCUT2D eigenvalue weighted by Gasteiger charge is 2.03. The van der Waals surface area contributed by atoms with E-state index in [-0.39, 0.29) is 10.6 Å². The average molecular weight is 286 g/mol. The summed E-state index contributed by atoms with van der Waals surface area (Å²) in [5, 5.41) is 13.9. The van der Waals surface area contributed by atoms with Gasteiger partial charge in [0.2, 0.25) is 0 Å². The molecule has 0 saturated carbocycles. The molecule has 0 unspecified atom stereocenters. The van der Waals surface area contributed by atoms with E-state index in [1.807, 2.05) is 18.2 Å². The number of methoxy groups -OCH3 is 1. The maximum absolute atomic E-state index is 10.6. The Morgan fingerprint density at radius 3 is 2.57 bits per heavy atom. The molecule has 0 fully saturated rings. The summed E-state index contributed by atoms with van der Waals surface area (Å²) < 4.78 is 5.10. The van der Waals surface area contributed by atoms with Crippen molar-refractivity contribution < 1.29 is 9.66 Å². The molecule has 2 rings (SSSR count). The number of anilines is 1. The van der Waals surface area contributed by atoms with Crippen LogP contribution in [0.4, 0.5) is 11.4 Å². The van der Waals surface area contributed by atoms with E-state index in [1.165, 1.54) is 12.1 Å². The first-order valence-corrected chi connectivity index (χ1v) is 6.74. The van der Waals surface area contributed by atoms with Crippen molar-refractivity contribution in [2.75, 3.05) is 19.0 Å². The van der Waals surface area contributed by atoms with Crippen LogP contribution in [-0.2, 0) is 17.8 Å². The molecule has 110 valence electrons. The van der Waals surface area contributed by atoms with Gasteiger partial charge in [-0.05, 0) is 29.7 Å². The number of rotatable bonds is 7. The van der Waals surface area contributed by atoms with Crippen molar-refractivity contribution in [2.24, 2.45) is 0 Å². The first-order chi connectivity index (χ1) is 10.2. The van der Waals surface area contributed by atoms with E-state index in [0.717, 1.165) is 29.8 Å². The zero-order chi connectivity index (χ0) is 15.1. The molecular formula is C16H18N2O3. The highest BCUT2D eigenvalue weighted by atomic mass is 16.6. The molecule has 0 radical (unpaired) electrons. The Kier molecular flexibility index (Phi) is 5.29. The number of benzene rings is 2. The van der Waals surface area contributed by atoms with Gasteiger partial charge in [-0.3, -0.25) is 10.1 Å². The van der Waals surface area contributed by atoms with Crippen LogP contribution in [0, 0.1) is 10.1 Å². The number of hydrogen-bond acceptors (Lipinski definition) is 4. The van der Waals surface area contributed by atoms with Crippen LogP contribution in [-0.4, -0.2) is 18.6 Å². The second-order valence-corrected chi connectivity index (χ2v) is 4.73. The number of nitrogens with one attached hydrogen (secondary N) is 1. The van der Waals surface area contributed by atoms with Gasteiger partial charge in [0.25, 0.3) is 5.69 Å². The summed E-state index contributed by atoms with van der Waals surface area (Å²) in [7, 11) is 1.68. The standard InChI is InChI=1S/C16H18N2O3/c1-21-12-14-3-2-4-15(11-14)17-10-9-13-5-7-16(8-6-13)18(19)20/h2-8,11,17H,9-10,12H2,1H3. The Morgan fingerprint density at radius 1 is 1.14 bits per heavy atom. The molecule has 5 nitrogen and oxygen atoms in total. The SMILES string of the molecule is COCc1cccc(NCCc2ccc([N+](=O)[O-])cc2)c1. The van der Waals surface area contributed by atoms with Gasteiger partial charge in [-0.1, -0.05) is 24.3 Å². The van der Waals surface area contributed by atoms with E-state index in [9.17, 15) is 10.1 Å². The van der Waals surface area contributed by atoms with Crippen molar-refractivity contribution >= 4 is 11.4 Å². The van der Waals surface area contributed by atoms with Gasteiger partial charge in [0.1, 0.15) is 0 Å². The smallest absolute Gasteiger partial charge is 0.269 e. The predicted molar refractivity (Wildman–Crippen MR) is 82.4 cm³/mol. The normalized spacial score (nSPS) is 10.3. The van der Waals surface area contributed by atoms with E-state index in [1.54, 1.807) is 19.2 Å². The lowest BCUT2D eigenvalue weighted by Gasteiger charge is -2.08. The molecule has 5 heteroatoms. The summed E-state index contributed by atoms with van der Waals surface area (Å²) in [5.41, 5.74) is 3.37. The minimum Gasteiger partial charge on any atom is -0.385 e. The van der Waals surface area contributed by atoms with Crippen LogP contribution in [0.15, 0.2) is 48.5 Å². The summed E-state index contributed by atoms with van der Waals surface area (Å²) in [6.45, 7) is 1.37. The van der Waals surface area contributed by atoms with Gasteiger partial charge in [-0.15, -0.1) is 0 Å². The van der Waals surface area contributed by atoms with Gasteiger partial charge < -0.3 is 10.1 Å². The summed E-state index contributed by atoms with van der Waals surface area (Å²) in [6, 6.07) is 14.7. The maximum Gasteiger partial charge on any atom is 0.269 e. The second-order valence-electron chi connectivity index (χ2n) is 4.73. The second kappa shape index (κ2) is 7.40. The lowest BCUT2D eigenvalue weighted by atomic mass is 10.1. The molecule has 0 bridgehead atoms. The summed E-state index contributed by atoms with van der Waals surface area (Å²) >= 11 is 0. The highest BCUT2D eigenvalue weighted by Crippen LogP contribution is 2.14. The molecule has 0 heterocycles. The zero-order valence-corrected chi connectivity index (χ0v) is 11.9. The van der Waals surface area contributed by atoms with Gasteiger partial charge in [-0.2, -0.15) is 0 Å². The molecule has 0 atom stereocenters. The molecule has 0 amide bonds. The largest absolute Gasteiger partial charge is 0.385 e. The third kappa shape index (κ3) is 4.57. The average Bonchev–Trinajstić information content (AvgIpc) is 2.48. The lowest BCUT2D eigenvalue weighted by molar-refractivity contribution is -0.384. The van der Waals surface area contributed by atoms with Crippen molar-refractivity contribution in [3.05, 3.63) is 69.8 Å². The van der Waals surface area contributed by atoms with E-state index in [2.05, 4.69) is 11.4 Å². The quantitative estimate of drug-likeness (QED) is 0.626. The van der Waals surface area contributed by atoms with Crippen molar-refractivity contribution in [1.82, 2.24) is 0 Å². The zero-order valence-electron chi connectivity index (χ0n) is 11.9. The Bertz CT molecular complexity index is 597. The maximum atomic E-state index is 10.6. The van der Waals surface area contributed by atoms with Crippen molar-refractivity contribution in [3.8, 4) is 0 Å². The fourth-order valence-electron chi connectivity index (χ4n) is 2.07. The number of nitro benzene ring substituents is 1. The van der Waals surface area contributed by atoms with Crippen molar-refractivity contribution in [2.45, 2.75) is 13.0 Å². The van der Waals surface area contributed by atoms with Gasteiger partial charge >= 0.3 is 0 Å². The molecule has 0 saturated heterocycles. The number of ether oxygens (including phenoxy) is 1. The van der Waals surface area contributed by atoms with Crippen LogP contribution in [0.3, 0.4) is 0 Å². The Morgan fingerprint density at radius 2 is 1.90 bits per heavy atom. The van der Waals surface area contributed by atoms with Crippen LogP contribution in [0.25, 0.3) is 0 Å². The van der Waals surface area contributed by atoms with Crippen LogP contribution < -0.4 is 5.32 Å². The van der Waals surface area contributed by atoms with Crippen LogP contribution in [0.5, 0.6) is 0 Å². The molecule has 1 N–H and O–H groups in total. The number of hydrogen-bond donors (Lipinski definition) is 1. The molecule has 0 aliphatic carbocycles. The predicted octanol–water partition coefficient (Wildman–Crippen LogP) is 3.40. The van der Waals surface area contributed by atoms with Gasteiger partial charge in [0, 0.05) is 31.5 Å². The van der Waals surface area contributed by atoms with Crippen LogP contribution in [0.2, 0.25) is 0 Å². The first-order valence-electron chi connectivity index (χ1n) is 6.74. The minimum absolute atomic E-state index is 0.124. The molecule has 21 heavy (non-hydrogen) atoms. The van der Waals surface area contributed by atoms with E-state index >= 15 is 0 Å². The fourth-order valence-corrected chi connectivity index (χ4v) is 2.07. The van der Waals surface area contributed by atoms with E-state index in [0.29, 0.717) is 6.61 Å². The monoisotopic (exact) mass is 286 g/mol. The number of nitrogens with zero attached hydrogens (tertiary/aromatic N) is 1. The highest BCUT2D eigenvalue weighted by molar-refractivity contribution is 5.45. The minimum atomic E-state index is -0.386. The van der Waals surface area contributed by atoms with Gasteiger partial charge in [0.05, 0.1) is 11.5 Å². The van der Waals surface area contributed by atoms with Crippen LogP contribution in [0.1, 0.15) is 11.1 Å². The molecule has 0 aromatic heterocycles. The molecular weight excluding hydrogens is 268 g/mol. The number of non-ortho nitro benzene ring substituents is 1. The van der Waals surface area contributed by atoms with Gasteiger partial charge in [-0.25, -0.2) is 0 Å². The summed E-state index contributed by atoms with van der Waals surface area (Å²) in [4.78, 5) is 10.2. The van der Waals surface area contributed by atoms with Crippen molar-refractivity contribution in [1.29, 1.82) is 0 Å². The Balaban J connectivity index is 1.86. The van der Waals surface area contributed by atoms with Crippen LogP contribution >= 0.6 is 0 Å². The molecule has 2 aromatic carbocycles. The van der Waals surface area contributed by atoms with Crippen molar-refractivity contribution in [3.63, 3.8) is 0 Å². The summed E-state index contributed by atoms with van der Waals surface area (Å²) in [5.74, 6) is 0. The van der Waals surface area contributed by atoms with E-state index in [4.69, 9.17) is 4.74 Å². The molecule has 2 aromatic rings. The number of nitro groups is 1. The third-order valence-corrected chi connectivity index (χ3v) is 3.13. The Labute approximate surface area is 123 Å². The first kappa shape index (κ1) is 15.0. The lowest BCUT2D eigenvalue weighted by Crippen LogP contribution is -2.05. The molecule has 0 aliphatic heterocycles. The molecule has 0 aliphatic rings. The third-order valence-electron chi connectivity index (χ3n) is 3.13. The van der Waals surface area contributed by atoms with E-state index < -0.39 is 0 Å². The Hall–Kier alpha value is -2.40. The topological polar surface area (TPSA) is 64.4 Å². The fraction of sp³-hybridized carbons (Fsp3) is 0.250. The summed E-state index contributed by atoms with van der Waals surface area (Å²) in [6.07, 6.45) is 0.812. The van der Waals surface area contributed by atoms with Gasteiger partial charge in [0.15, 0.2) is 0 Å².